The third kappa shape index (κ3) is 5.93. The van der Waals surface area contributed by atoms with Gasteiger partial charge in [-0.1, -0.05) is 40.2 Å². The lowest BCUT2D eigenvalue weighted by atomic mass is 10.1. The molecule has 32 heavy (non-hydrogen) atoms. The van der Waals surface area contributed by atoms with Crippen molar-refractivity contribution < 1.29 is 23.3 Å². The molecule has 0 saturated heterocycles. The molecule has 170 valence electrons. The van der Waals surface area contributed by atoms with Crippen molar-refractivity contribution >= 4 is 15.9 Å². The molecule has 3 aromatic carbocycles. The van der Waals surface area contributed by atoms with E-state index >= 15 is 0 Å². The summed E-state index contributed by atoms with van der Waals surface area (Å²) in [5, 5.41) is 3.45. The van der Waals surface area contributed by atoms with Gasteiger partial charge in [-0.05, 0) is 48.9 Å². The molecule has 7 heteroatoms. The fraction of sp³-hybridized carbons (Fsp3) is 0.280. The normalized spacial score (nSPS) is 10.7. The lowest BCUT2D eigenvalue weighted by Crippen LogP contribution is -2.18. The van der Waals surface area contributed by atoms with E-state index in [2.05, 4.69) is 21.2 Å². The van der Waals surface area contributed by atoms with Crippen molar-refractivity contribution in [2.24, 2.45) is 0 Å². The van der Waals surface area contributed by atoms with E-state index in [0.29, 0.717) is 35.1 Å². The van der Waals surface area contributed by atoms with Gasteiger partial charge < -0.3 is 24.3 Å². The summed E-state index contributed by atoms with van der Waals surface area (Å²) in [4.78, 5) is 0. The fourth-order valence-corrected chi connectivity index (χ4v) is 3.77. The summed E-state index contributed by atoms with van der Waals surface area (Å²) in [5.74, 6) is 2.31. The van der Waals surface area contributed by atoms with Crippen LogP contribution in [0.5, 0.6) is 23.0 Å². The Labute approximate surface area is 196 Å². The van der Waals surface area contributed by atoms with E-state index in [1.54, 1.807) is 39.5 Å². The molecule has 0 saturated carbocycles. The third-order valence-corrected chi connectivity index (χ3v) is 5.80. The largest absolute Gasteiger partial charge is 0.493 e. The summed E-state index contributed by atoms with van der Waals surface area (Å²) in [7, 11) is 4.84. The molecule has 3 rings (SSSR count). The molecule has 0 aliphatic carbocycles. The first-order chi connectivity index (χ1) is 15.6. The van der Waals surface area contributed by atoms with E-state index in [0.717, 1.165) is 28.6 Å². The lowest BCUT2D eigenvalue weighted by Gasteiger charge is -2.17. The number of methoxy groups -OCH3 is 3. The topological polar surface area (TPSA) is 49.0 Å². The van der Waals surface area contributed by atoms with Gasteiger partial charge in [0.15, 0.2) is 23.0 Å². The van der Waals surface area contributed by atoms with E-state index in [1.165, 1.54) is 6.07 Å². The Bertz CT molecular complexity index is 1040. The molecule has 0 spiro atoms. The van der Waals surface area contributed by atoms with E-state index in [1.807, 2.05) is 30.3 Å². The van der Waals surface area contributed by atoms with Crippen molar-refractivity contribution in [1.29, 1.82) is 0 Å². The minimum absolute atomic E-state index is 0.109. The van der Waals surface area contributed by atoms with Gasteiger partial charge in [-0.15, -0.1) is 0 Å². The molecular weight excluding hydrogens is 477 g/mol. The van der Waals surface area contributed by atoms with Crippen molar-refractivity contribution in [2.45, 2.75) is 19.6 Å². The molecule has 0 aliphatic rings. The molecule has 0 bridgehead atoms. The van der Waals surface area contributed by atoms with Crippen LogP contribution < -0.4 is 24.3 Å². The second-order valence-electron chi connectivity index (χ2n) is 7.05. The Morgan fingerprint density at radius 3 is 2.31 bits per heavy atom. The first-order valence-electron chi connectivity index (χ1n) is 10.2. The zero-order valence-electron chi connectivity index (χ0n) is 18.4. The van der Waals surface area contributed by atoms with Gasteiger partial charge in [0.25, 0.3) is 0 Å². The molecule has 3 aromatic rings. The van der Waals surface area contributed by atoms with Crippen molar-refractivity contribution in [2.75, 3.05) is 27.9 Å². The summed E-state index contributed by atoms with van der Waals surface area (Å²) in [5.41, 5.74) is 2.53. The average Bonchev–Trinajstić information content (AvgIpc) is 2.82. The second kappa shape index (κ2) is 11.7. The monoisotopic (exact) mass is 503 g/mol. The van der Waals surface area contributed by atoms with Crippen molar-refractivity contribution in [3.63, 3.8) is 0 Å². The molecule has 5 nitrogen and oxygen atoms in total. The SMILES string of the molecule is COc1ccc(CCNCc2c(Br)ccc(OC)c2OCc2ccccc2F)cc1OC. The Morgan fingerprint density at radius 2 is 1.59 bits per heavy atom. The van der Waals surface area contributed by atoms with Crippen LogP contribution in [0.2, 0.25) is 0 Å². The highest BCUT2D eigenvalue weighted by atomic mass is 79.9. The van der Waals surface area contributed by atoms with Crippen LogP contribution in [0.15, 0.2) is 59.1 Å². The number of nitrogens with one attached hydrogen (secondary N) is 1. The number of halogens is 2. The van der Waals surface area contributed by atoms with E-state index in [4.69, 9.17) is 18.9 Å². The average molecular weight is 504 g/mol. The minimum atomic E-state index is -0.295. The molecular formula is C25H27BrFNO4. The molecule has 0 heterocycles. The Kier molecular flexibility index (Phi) is 8.76. The van der Waals surface area contributed by atoms with Gasteiger partial charge in [-0.3, -0.25) is 0 Å². The highest BCUT2D eigenvalue weighted by molar-refractivity contribution is 9.10. The molecule has 1 N–H and O–H groups in total. The minimum Gasteiger partial charge on any atom is -0.493 e. The lowest BCUT2D eigenvalue weighted by molar-refractivity contribution is 0.275. The van der Waals surface area contributed by atoms with Gasteiger partial charge in [-0.25, -0.2) is 4.39 Å². The van der Waals surface area contributed by atoms with Gasteiger partial charge in [0.1, 0.15) is 12.4 Å². The maximum Gasteiger partial charge on any atom is 0.167 e. The number of benzene rings is 3. The van der Waals surface area contributed by atoms with Gasteiger partial charge in [0.2, 0.25) is 0 Å². The molecule has 0 radical (unpaired) electrons. The Hall–Kier alpha value is -2.77. The summed E-state index contributed by atoms with van der Waals surface area (Å²) in [6.45, 7) is 1.40. The van der Waals surface area contributed by atoms with Crippen molar-refractivity contribution in [3.05, 3.63) is 81.6 Å². The highest BCUT2D eigenvalue weighted by Gasteiger charge is 2.15. The van der Waals surface area contributed by atoms with Crippen LogP contribution in [0.25, 0.3) is 0 Å². The maximum absolute atomic E-state index is 14.0. The van der Waals surface area contributed by atoms with E-state index < -0.39 is 0 Å². The maximum atomic E-state index is 14.0. The van der Waals surface area contributed by atoms with Crippen molar-refractivity contribution in [3.8, 4) is 23.0 Å². The molecule has 0 amide bonds. The van der Waals surface area contributed by atoms with Crippen molar-refractivity contribution in [1.82, 2.24) is 5.32 Å². The number of hydrogen-bond acceptors (Lipinski definition) is 5. The van der Waals surface area contributed by atoms with Crippen LogP contribution in [0, 0.1) is 5.82 Å². The van der Waals surface area contributed by atoms with Crippen LogP contribution >= 0.6 is 15.9 Å². The molecule has 0 unspecified atom stereocenters. The predicted molar refractivity (Wildman–Crippen MR) is 126 cm³/mol. The van der Waals surface area contributed by atoms with Gasteiger partial charge in [0.05, 0.1) is 21.3 Å². The van der Waals surface area contributed by atoms with Crippen LogP contribution in [-0.4, -0.2) is 27.9 Å². The number of hydrogen-bond donors (Lipinski definition) is 1. The summed E-state index contributed by atoms with van der Waals surface area (Å²) in [6, 6.07) is 16.2. The molecule has 0 fully saturated rings. The molecule has 0 atom stereocenters. The standard InChI is InChI=1S/C25H27BrFNO4/c1-29-22-10-8-17(14-24(22)31-3)12-13-28-15-19-20(26)9-11-23(30-2)25(19)32-16-18-6-4-5-7-21(18)27/h4-11,14,28H,12-13,15-16H2,1-3H3. The van der Waals surface area contributed by atoms with Gasteiger partial charge in [-0.2, -0.15) is 0 Å². The second-order valence-corrected chi connectivity index (χ2v) is 7.91. The van der Waals surface area contributed by atoms with E-state index in [-0.39, 0.29) is 12.4 Å². The number of rotatable bonds is 11. The summed E-state index contributed by atoms with van der Waals surface area (Å²) >= 11 is 3.60. The quantitative estimate of drug-likeness (QED) is 0.349. The molecule has 0 aliphatic heterocycles. The predicted octanol–water partition coefficient (Wildman–Crippen LogP) is 5.53. The highest BCUT2D eigenvalue weighted by Crippen LogP contribution is 2.37. The first kappa shape index (κ1) is 23.9. The summed E-state index contributed by atoms with van der Waals surface area (Å²) < 4.78 is 37.1. The summed E-state index contributed by atoms with van der Waals surface area (Å²) in [6.07, 6.45) is 0.813. The van der Waals surface area contributed by atoms with Crippen LogP contribution in [0.4, 0.5) is 4.39 Å². The first-order valence-corrected chi connectivity index (χ1v) is 11.0. The fourth-order valence-electron chi connectivity index (χ4n) is 3.31. The van der Waals surface area contributed by atoms with Gasteiger partial charge in [0, 0.05) is 22.1 Å². The zero-order chi connectivity index (χ0) is 22.9. The number of ether oxygens (including phenoxy) is 4. The third-order valence-electron chi connectivity index (χ3n) is 5.06. The van der Waals surface area contributed by atoms with Crippen LogP contribution in [0.1, 0.15) is 16.7 Å². The molecule has 0 aromatic heterocycles. The smallest absolute Gasteiger partial charge is 0.167 e. The van der Waals surface area contributed by atoms with E-state index in [9.17, 15) is 4.39 Å². The Balaban J connectivity index is 1.67. The van der Waals surface area contributed by atoms with Crippen LogP contribution in [0.3, 0.4) is 0 Å². The van der Waals surface area contributed by atoms with Crippen LogP contribution in [-0.2, 0) is 19.6 Å². The Morgan fingerprint density at radius 1 is 0.875 bits per heavy atom. The zero-order valence-corrected chi connectivity index (χ0v) is 20.0. The van der Waals surface area contributed by atoms with Gasteiger partial charge >= 0.3 is 0 Å².